The predicted molar refractivity (Wildman–Crippen MR) is 75.7 cm³/mol. The average molecular weight is 261 g/mol. The van der Waals surface area contributed by atoms with E-state index in [0.717, 1.165) is 22.8 Å². The van der Waals surface area contributed by atoms with Gasteiger partial charge in [0.15, 0.2) is 0 Å². The Morgan fingerprint density at radius 1 is 1.22 bits per heavy atom. The van der Waals surface area contributed by atoms with Crippen LogP contribution in [0.2, 0.25) is 5.02 Å². The first-order valence-electron chi connectivity index (χ1n) is 6.07. The normalized spacial score (nSPS) is 12.4. The van der Waals surface area contributed by atoms with Crippen LogP contribution in [0.4, 0.5) is 0 Å². The summed E-state index contributed by atoms with van der Waals surface area (Å²) < 4.78 is 0. The van der Waals surface area contributed by atoms with Gasteiger partial charge in [0, 0.05) is 23.8 Å². The number of rotatable bonds is 4. The molecule has 0 saturated heterocycles. The van der Waals surface area contributed by atoms with Gasteiger partial charge in [-0.1, -0.05) is 35.9 Å². The number of nitrogens with one attached hydrogen (secondary N) is 1. The molecule has 0 radical (unpaired) electrons. The second kappa shape index (κ2) is 5.98. The average Bonchev–Trinajstić information content (AvgIpc) is 2.38. The van der Waals surface area contributed by atoms with Gasteiger partial charge >= 0.3 is 0 Å². The number of hydrogen-bond acceptors (Lipinski definition) is 2. The van der Waals surface area contributed by atoms with E-state index in [1.807, 2.05) is 36.5 Å². The number of nitrogens with zero attached hydrogens (tertiary/aromatic N) is 1. The van der Waals surface area contributed by atoms with Gasteiger partial charge < -0.3 is 5.32 Å². The first-order valence-corrected chi connectivity index (χ1v) is 6.44. The van der Waals surface area contributed by atoms with Crippen molar-refractivity contribution in [1.29, 1.82) is 0 Å². The van der Waals surface area contributed by atoms with Crippen LogP contribution in [0.3, 0.4) is 0 Å². The van der Waals surface area contributed by atoms with Gasteiger partial charge in [-0.05, 0) is 37.1 Å². The molecule has 1 aromatic heterocycles. The van der Waals surface area contributed by atoms with Crippen molar-refractivity contribution in [3.05, 3.63) is 64.4 Å². The summed E-state index contributed by atoms with van der Waals surface area (Å²) in [7, 11) is 0. The number of aryl methyl sites for hydroxylation is 1. The SMILES string of the molecule is Cc1cccnc1CN[C@@H](C)c1ccccc1Cl. The lowest BCUT2D eigenvalue weighted by Crippen LogP contribution is -2.19. The fourth-order valence-electron chi connectivity index (χ4n) is 1.89. The smallest absolute Gasteiger partial charge is 0.0570 e. The lowest BCUT2D eigenvalue weighted by molar-refractivity contribution is 0.566. The van der Waals surface area contributed by atoms with Gasteiger partial charge in [0.2, 0.25) is 0 Å². The standard InChI is InChI=1S/C15H17ClN2/c1-11-6-5-9-17-15(11)10-18-12(2)13-7-3-4-8-14(13)16/h3-9,12,18H,10H2,1-2H3/t12-/m0/s1. The van der Waals surface area contributed by atoms with Crippen LogP contribution in [0.15, 0.2) is 42.6 Å². The summed E-state index contributed by atoms with van der Waals surface area (Å²) in [5.41, 5.74) is 3.40. The van der Waals surface area contributed by atoms with E-state index in [1.54, 1.807) is 0 Å². The van der Waals surface area contributed by atoms with E-state index >= 15 is 0 Å². The summed E-state index contributed by atoms with van der Waals surface area (Å²) in [6, 6.07) is 12.2. The van der Waals surface area contributed by atoms with Gasteiger partial charge in [0.05, 0.1) is 5.69 Å². The van der Waals surface area contributed by atoms with Gasteiger partial charge in [0.1, 0.15) is 0 Å². The summed E-state index contributed by atoms with van der Waals surface area (Å²) in [6.07, 6.45) is 1.82. The van der Waals surface area contributed by atoms with Gasteiger partial charge in [0.25, 0.3) is 0 Å². The predicted octanol–water partition coefficient (Wildman–Crippen LogP) is 3.89. The van der Waals surface area contributed by atoms with Crippen LogP contribution in [0.5, 0.6) is 0 Å². The van der Waals surface area contributed by atoms with Gasteiger partial charge in [-0.15, -0.1) is 0 Å². The molecule has 1 aromatic carbocycles. The Hall–Kier alpha value is -1.38. The van der Waals surface area contributed by atoms with E-state index in [2.05, 4.69) is 30.2 Å². The summed E-state index contributed by atoms with van der Waals surface area (Å²) in [5, 5.41) is 4.25. The third-order valence-corrected chi connectivity index (χ3v) is 3.41. The first kappa shape index (κ1) is 13.1. The first-order chi connectivity index (χ1) is 8.68. The minimum Gasteiger partial charge on any atom is -0.305 e. The zero-order valence-electron chi connectivity index (χ0n) is 10.7. The number of hydrogen-bond donors (Lipinski definition) is 1. The van der Waals surface area contributed by atoms with Gasteiger partial charge in [-0.2, -0.15) is 0 Å². The number of benzene rings is 1. The molecule has 0 saturated carbocycles. The van der Waals surface area contributed by atoms with Crippen LogP contribution >= 0.6 is 11.6 Å². The molecular formula is C15H17ClN2. The Morgan fingerprint density at radius 2 is 2.00 bits per heavy atom. The molecule has 1 N–H and O–H groups in total. The summed E-state index contributed by atoms with van der Waals surface area (Å²) >= 11 is 6.18. The molecule has 0 bridgehead atoms. The fourth-order valence-corrected chi connectivity index (χ4v) is 2.19. The molecule has 2 aromatic rings. The minimum absolute atomic E-state index is 0.208. The van der Waals surface area contributed by atoms with Crippen LogP contribution in [0.25, 0.3) is 0 Å². The number of halogens is 1. The van der Waals surface area contributed by atoms with Gasteiger partial charge in [-0.25, -0.2) is 0 Å². The Kier molecular flexibility index (Phi) is 4.34. The zero-order chi connectivity index (χ0) is 13.0. The van der Waals surface area contributed by atoms with Crippen molar-refractivity contribution in [2.45, 2.75) is 26.4 Å². The van der Waals surface area contributed by atoms with E-state index in [9.17, 15) is 0 Å². The topological polar surface area (TPSA) is 24.9 Å². The quantitative estimate of drug-likeness (QED) is 0.902. The highest BCUT2D eigenvalue weighted by Gasteiger charge is 2.09. The van der Waals surface area contributed by atoms with E-state index < -0.39 is 0 Å². The molecule has 94 valence electrons. The van der Waals surface area contributed by atoms with E-state index in [1.165, 1.54) is 5.56 Å². The van der Waals surface area contributed by atoms with Crippen LogP contribution < -0.4 is 5.32 Å². The zero-order valence-corrected chi connectivity index (χ0v) is 11.4. The summed E-state index contributed by atoms with van der Waals surface area (Å²) in [5.74, 6) is 0. The maximum Gasteiger partial charge on any atom is 0.0570 e. The van der Waals surface area contributed by atoms with Crippen molar-refractivity contribution in [3.63, 3.8) is 0 Å². The highest BCUT2D eigenvalue weighted by molar-refractivity contribution is 6.31. The fraction of sp³-hybridized carbons (Fsp3) is 0.267. The van der Waals surface area contributed by atoms with Crippen LogP contribution in [0, 0.1) is 6.92 Å². The summed E-state index contributed by atoms with van der Waals surface area (Å²) in [6.45, 7) is 4.93. The Morgan fingerprint density at radius 3 is 2.72 bits per heavy atom. The highest BCUT2D eigenvalue weighted by atomic mass is 35.5. The van der Waals surface area contributed by atoms with Crippen molar-refractivity contribution < 1.29 is 0 Å². The largest absolute Gasteiger partial charge is 0.305 e. The minimum atomic E-state index is 0.208. The highest BCUT2D eigenvalue weighted by Crippen LogP contribution is 2.22. The van der Waals surface area contributed by atoms with Crippen molar-refractivity contribution in [3.8, 4) is 0 Å². The Bertz CT molecular complexity index is 525. The molecule has 0 amide bonds. The number of pyridine rings is 1. The van der Waals surface area contributed by atoms with E-state index in [-0.39, 0.29) is 6.04 Å². The lowest BCUT2D eigenvalue weighted by Gasteiger charge is -2.16. The number of aromatic nitrogens is 1. The van der Waals surface area contributed by atoms with Crippen molar-refractivity contribution in [2.75, 3.05) is 0 Å². The van der Waals surface area contributed by atoms with Crippen molar-refractivity contribution in [2.24, 2.45) is 0 Å². The third kappa shape index (κ3) is 3.09. The van der Waals surface area contributed by atoms with Gasteiger partial charge in [-0.3, -0.25) is 4.98 Å². The molecule has 18 heavy (non-hydrogen) atoms. The lowest BCUT2D eigenvalue weighted by atomic mass is 10.1. The van der Waals surface area contributed by atoms with Crippen LogP contribution in [-0.2, 0) is 6.54 Å². The Labute approximate surface area is 113 Å². The molecule has 0 aliphatic carbocycles. The molecule has 3 heteroatoms. The molecule has 2 rings (SSSR count). The van der Waals surface area contributed by atoms with E-state index in [0.29, 0.717) is 0 Å². The molecule has 0 fully saturated rings. The van der Waals surface area contributed by atoms with Crippen molar-refractivity contribution in [1.82, 2.24) is 10.3 Å². The van der Waals surface area contributed by atoms with Crippen LogP contribution in [-0.4, -0.2) is 4.98 Å². The molecule has 0 spiro atoms. The molecule has 1 heterocycles. The molecule has 1 atom stereocenters. The third-order valence-electron chi connectivity index (χ3n) is 3.07. The molecular weight excluding hydrogens is 244 g/mol. The maximum atomic E-state index is 6.18. The van der Waals surface area contributed by atoms with E-state index in [4.69, 9.17) is 11.6 Å². The van der Waals surface area contributed by atoms with Crippen molar-refractivity contribution >= 4 is 11.6 Å². The maximum absolute atomic E-state index is 6.18. The Balaban J connectivity index is 2.03. The summed E-state index contributed by atoms with van der Waals surface area (Å²) in [4.78, 5) is 4.37. The second-order valence-electron chi connectivity index (χ2n) is 4.39. The monoisotopic (exact) mass is 260 g/mol. The molecule has 0 aliphatic heterocycles. The molecule has 0 unspecified atom stereocenters. The second-order valence-corrected chi connectivity index (χ2v) is 4.80. The molecule has 0 aliphatic rings. The molecule has 2 nitrogen and oxygen atoms in total. The van der Waals surface area contributed by atoms with Crippen LogP contribution in [0.1, 0.15) is 29.8 Å².